The molecule has 10 nitrogen and oxygen atoms in total. The van der Waals surface area contributed by atoms with Gasteiger partial charge in [0.05, 0.1) is 12.1 Å². The molecule has 254 valence electrons. The van der Waals surface area contributed by atoms with Gasteiger partial charge in [0.1, 0.15) is 0 Å². The smallest absolute Gasteiger partial charge is 0.335 e. The van der Waals surface area contributed by atoms with Crippen LogP contribution in [0.5, 0.6) is 0 Å². The Morgan fingerprint density at radius 2 is 1.02 bits per heavy atom. The number of fused-ring (bicyclic) bond motifs is 2. The van der Waals surface area contributed by atoms with Gasteiger partial charge in [0, 0.05) is 48.6 Å². The summed E-state index contributed by atoms with van der Waals surface area (Å²) in [6.45, 7) is 1.99. The SMILES string of the molecule is CNc1ccc(Cl)cc1C1NCCc2ccccc21.CNc1ccc(Cl)cc1C1NCCc2ccccc21.O=C(O)C(O)C(O)C(=O)O. The van der Waals surface area contributed by atoms with Gasteiger partial charge in [0.25, 0.3) is 0 Å². The van der Waals surface area contributed by atoms with Gasteiger partial charge < -0.3 is 41.7 Å². The molecule has 2 aliphatic heterocycles. The third kappa shape index (κ3) is 9.04. The van der Waals surface area contributed by atoms with Crippen LogP contribution in [0.4, 0.5) is 11.4 Å². The largest absolute Gasteiger partial charge is 0.479 e. The summed E-state index contributed by atoms with van der Waals surface area (Å²) >= 11 is 12.3. The highest BCUT2D eigenvalue weighted by Gasteiger charge is 2.29. The molecule has 6 rings (SSSR count). The van der Waals surface area contributed by atoms with E-state index >= 15 is 0 Å². The highest BCUT2D eigenvalue weighted by atomic mass is 35.5. The van der Waals surface area contributed by atoms with Gasteiger partial charge in [-0.05, 0) is 82.6 Å². The van der Waals surface area contributed by atoms with Crippen molar-refractivity contribution < 1.29 is 30.0 Å². The summed E-state index contributed by atoms with van der Waals surface area (Å²) in [5.74, 6) is -3.54. The molecule has 4 aromatic carbocycles. The highest BCUT2D eigenvalue weighted by molar-refractivity contribution is 6.31. The average molecular weight is 696 g/mol. The molecule has 0 spiro atoms. The van der Waals surface area contributed by atoms with Crippen molar-refractivity contribution in [2.75, 3.05) is 37.8 Å². The Bertz CT molecular complexity index is 1600. The van der Waals surface area contributed by atoms with Crippen LogP contribution < -0.4 is 21.3 Å². The van der Waals surface area contributed by atoms with Crippen molar-refractivity contribution in [1.82, 2.24) is 10.6 Å². The van der Waals surface area contributed by atoms with Crippen molar-refractivity contribution in [2.45, 2.75) is 37.1 Å². The number of carboxylic acid groups (broad SMARTS) is 2. The van der Waals surface area contributed by atoms with E-state index in [0.717, 1.165) is 47.4 Å². The number of aliphatic carboxylic acids is 2. The number of aliphatic hydroxyl groups excluding tert-OH is 2. The second-order valence-corrected chi connectivity index (χ2v) is 12.1. The molecular formula is C36H40Cl2N4O6. The normalized spacial score (nSPS) is 17.5. The zero-order valence-electron chi connectivity index (χ0n) is 26.6. The lowest BCUT2D eigenvalue weighted by atomic mass is 9.89. The average Bonchev–Trinajstić information content (AvgIpc) is 3.11. The van der Waals surface area contributed by atoms with Crippen LogP contribution in [-0.4, -0.2) is 71.8 Å². The van der Waals surface area contributed by atoms with E-state index in [0.29, 0.717) is 0 Å². The lowest BCUT2D eigenvalue weighted by molar-refractivity contribution is -0.165. The van der Waals surface area contributed by atoms with Crippen molar-refractivity contribution in [2.24, 2.45) is 0 Å². The summed E-state index contributed by atoms with van der Waals surface area (Å²) in [7, 11) is 3.89. The molecule has 0 fully saturated rings. The van der Waals surface area contributed by atoms with E-state index < -0.39 is 24.1 Å². The predicted molar refractivity (Wildman–Crippen MR) is 189 cm³/mol. The topological polar surface area (TPSA) is 163 Å². The summed E-state index contributed by atoms with van der Waals surface area (Å²) in [6, 6.07) is 29.7. The molecule has 0 saturated heterocycles. The fraction of sp³-hybridized carbons (Fsp3) is 0.278. The van der Waals surface area contributed by atoms with E-state index in [-0.39, 0.29) is 12.1 Å². The number of anilines is 2. The molecule has 4 aromatic rings. The maximum atomic E-state index is 9.77. The molecule has 0 radical (unpaired) electrons. The number of benzene rings is 4. The molecule has 2 heterocycles. The van der Waals surface area contributed by atoms with Crippen molar-refractivity contribution in [3.63, 3.8) is 0 Å². The molecule has 2 aliphatic rings. The van der Waals surface area contributed by atoms with Crippen molar-refractivity contribution in [3.8, 4) is 0 Å². The number of aliphatic hydroxyl groups is 2. The fourth-order valence-electron chi connectivity index (χ4n) is 5.83. The summed E-state index contributed by atoms with van der Waals surface area (Å²) in [6.07, 6.45) is -2.36. The van der Waals surface area contributed by atoms with Gasteiger partial charge in [0.15, 0.2) is 12.2 Å². The van der Waals surface area contributed by atoms with E-state index in [4.69, 9.17) is 43.6 Å². The lowest BCUT2D eigenvalue weighted by Gasteiger charge is -2.29. The second kappa shape index (κ2) is 17.3. The highest BCUT2D eigenvalue weighted by Crippen LogP contribution is 2.35. The quantitative estimate of drug-likeness (QED) is 0.130. The molecule has 4 unspecified atom stereocenters. The van der Waals surface area contributed by atoms with Gasteiger partial charge in [-0.2, -0.15) is 0 Å². The molecule has 0 bridgehead atoms. The standard InChI is InChI=1S/2C16H17ClN2.C4H6O6/c2*1-18-15-7-6-12(17)10-14(15)16-13-5-3-2-4-11(13)8-9-19-16;5-1(3(7)8)2(6)4(9)10/h2*2-7,10,16,18-19H,8-9H2,1H3;1-2,5-6H,(H,7,8)(H,9,10). The molecule has 48 heavy (non-hydrogen) atoms. The van der Waals surface area contributed by atoms with Gasteiger partial charge in [-0.1, -0.05) is 71.7 Å². The van der Waals surface area contributed by atoms with Crippen molar-refractivity contribution in [3.05, 3.63) is 128 Å². The van der Waals surface area contributed by atoms with Crippen molar-refractivity contribution in [1.29, 1.82) is 0 Å². The molecule has 4 atom stereocenters. The molecule has 0 aromatic heterocycles. The van der Waals surface area contributed by atoms with E-state index in [1.807, 2.05) is 50.5 Å². The molecular weight excluding hydrogens is 655 g/mol. The Hall–Kier alpha value is -4.16. The van der Waals surface area contributed by atoms with E-state index in [9.17, 15) is 9.59 Å². The third-order valence-electron chi connectivity index (χ3n) is 8.21. The Morgan fingerprint density at radius 1 is 0.646 bits per heavy atom. The Morgan fingerprint density at radius 3 is 1.38 bits per heavy atom. The third-order valence-corrected chi connectivity index (χ3v) is 8.68. The zero-order valence-corrected chi connectivity index (χ0v) is 28.1. The van der Waals surface area contributed by atoms with Crippen molar-refractivity contribution >= 4 is 46.5 Å². The maximum Gasteiger partial charge on any atom is 0.335 e. The summed E-state index contributed by atoms with van der Waals surface area (Å²) in [4.78, 5) is 19.5. The Balaban J connectivity index is 0.000000172. The Labute approximate surface area is 289 Å². The van der Waals surface area contributed by atoms with Gasteiger partial charge in [-0.25, -0.2) is 9.59 Å². The summed E-state index contributed by atoms with van der Waals surface area (Å²) < 4.78 is 0. The number of hydrogen-bond donors (Lipinski definition) is 8. The minimum absolute atomic E-state index is 0.214. The first-order valence-electron chi connectivity index (χ1n) is 15.4. The van der Waals surface area contributed by atoms with E-state index in [2.05, 4.69) is 69.8 Å². The van der Waals surface area contributed by atoms with Crippen LogP contribution >= 0.6 is 23.2 Å². The van der Waals surface area contributed by atoms with Crippen LogP contribution in [-0.2, 0) is 22.4 Å². The van der Waals surface area contributed by atoms with Gasteiger partial charge in [0.2, 0.25) is 0 Å². The monoisotopic (exact) mass is 694 g/mol. The number of rotatable bonds is 7. The molecule has 0 aliphatic carbocycles. The van der Waals surface area contributed by atoms with Crippen LogP contribution in [0.15, 0.2) is 84.9 Å². The second-order valence-electron chi connectivity index (χ2n) is 11.2. The number of halogens is 2. The minimum Gasteiger partial charge on any atom is -0.479 e. The summed E-state index contributed by atoms with van der Waals surface area (Å²) in [5, 5.41) is 47.8. The van der Waals surface area contributed by atoms with Crippen LogP contribution in [0.3, 0.4) is 0 Å². The van der Waals surface area contributed by atoms with Crippen LogP contribution in [0.25, 0.3) is 0 Å². The maximum absolute atomic E-state index is 9.77. The van der Waals surface area contributed by atoms with Crippen LogP contribution in [0.2, 0.25) is 10.0 Å². The number of nitrogens with one attached hydrogen (secondary N) is 4. The number of carboxylic acids is 2. The predicted octanol–water partition coefficient (Wildman–Crippen LogP) is 5.11. The molecule has 12 heteroatoms. The first-order valence-corrected chi connectivity index (χ1v) is 16.2. The minimum atomic E-state index is -2.27. The molecule has 0 amide bonds. The number of hydrogen-bond acceptors (Lipinski definition) is 8. The summed E-state index contributed by atoms with van der Waals surface area (Å²) in [5.41, 5.74) is 10.2. The van der Waals surface area contributed by atoms with Gasteiger partial charge in [-0.15, -0.1) is 0 Å². The first-order chi connectivity index (χ1) is 23.0. The fourth-order valence-corrected chi connectivity index (χ4v) is 6.20. The molecule has 8 N–H and O–H groups in total. The van der Waals surface area contributed by atoms with Crippen LogP contribution in [0.1, 0.15) is 45.5 Å². The van der Waals surface area contributed by atoms with Gasteiger partial charge >= 0.3 is 11.9 Å². The van der Waals surface area contributed by atoms with E-state index in [1.54, 1.807) is 0 Å². The lowest BCUT2D eigenvalue weighted by Crippen LogP contribution is -2.39. The van der Waals surface area contributed by atoms with Crippen LogP contribution in [0, 0.1) is 0 Å². The Kier molecular flexibility index (Phi) is 13.2. The zero-order chi connectivity index (χ0) is 34.8. The van der Waals surface area contributed by atoms with E-state index in [1.165, 1.54) is 33.4 Å². The first kappa shape index (κ1) is 36.7. The van der Waals surface area contributed by atoms with Gasteiger partial charge in [-0.3, -0.25) is 0 Å². The molecule has 0 saturated carbocycles. The number of carbonyl (C=O) groups is 2.